The molecule has 10 nitrogen and oxygen atoms in total. The van der Waals surface area contributed by atoms with E-state index in [4.69, 9.17) is 9.47 Å². The number of ether oxygens (including phenoxy) is 2. The highest BCUT2D eigenvalue weighted by atomic mass is 19.1. The Morgan fingerprint density at radius 1 is 1.00 bits per heavy atom. The molecule has 0 aliphatic carbocycles. The zero-order chi connectivity index (χ0) is 28.3. The van der Waals surface area contributed by atoms with Crippen molar-refractivity contribution in [2.45, 2.75) is 13.5 Å². The van der Waals surface area contributed by atoms with Crippen molar-refractivity contribution in [3.05, 3.63) is 102 Å². The third-order valence-electron chi connectivity index (χ3n) is 6.48. The molecular weight excluding hydrogens is 527 g/mol. The maximum atomic E-state index is 14.2. The van der Waals surface area contributed by atoms with E-state index in [0.29, 0.717) is 47.3 Å². The van der Waals surface area contributed by atoms with E-state index in [1.165, 1.54) is 6.07 Å². The molecule has 2 heterocycles. The zero-order valence-corrected chi connectivity index (χ0v) is 21.8. The van der Waals surface area contributed by atoms with E-state index in [0.717, 1.165) is 16.7 Å². The average Bonchev–Trinajstić information content (AvgIpc) is 3.64. The molecule has 0 unspecified atom stereocenters. The van der Waals surface area contributed by atoms with Crippen molar-refractivity contribution < 1.29 is 23.8 Å². The van der Waals surface area contributed by atoms with Crippen LogP contribution in [0.4, 0.5) is 4.39 Å². The molecule has 0 atom stereocenters. The third-order valence-corrected chi connectivity index (χ3v) is 6.48. The maximum Gasteiger partial charge on any atom is 0.337 e. The van der Waals surface area contributed by atoms with E-state index in [1.54, 1.807) is 59.2 Å². The Bertz CT molecular complexity index is 1850. The topological polar surface area (TPSA) is 128 Å². The predicted octanol–water partition coefficient (Wildman–Crippen LogP) is 5.96. The van der Waals surface area contributed by atoms with Crippen LogP contribution in [-0.2, 0) is 6.54 Å². The summed E-state index contributed by atoms with van der Waals surface area (Å²) < 4.78 is 27.6. The largest absolute Gasteiger partial charge is 0.478 e. The molecule has 41 heavy (non-hydrogen) atoms. The number of nitrogens with one attached hydrogen (secondary N) is 1. The van der Waals surface area contributed by atoms with Gasteiger partial charge in [0.05, 0.1) is 29.7 Å². The summed E-state index contributed by atoms with van der Waals surface area (Å²) in [7, 11) is 0. The van der Waals surface area contributed by atoms with Crippen molar-refractivity contribution in [2.75, 3.05) is 6.61 Å². The molecule has 0 saturated carbocycles. The number of aromatic amines is 1. The number of carboxylic acids is 1. The molecule has 2 N–H and O–H groups in total. The van der Waals surface area contributed by atoms with E-state index in [2.05, 4.69) is 25.6 Å². The molecule has 0 fully saturated rings. The lowest BCUT2D eigenvalue weighted by Gasteiger charge is -2.13. The van der Waals surface area contributed by atoms with Crippen LogP contribution in [0.2, 0.25) is 0 Å². The van der Waals surface area contributed by atoms with Crippen LogP contribution >= 0.6 is 0 Å². The molecule has 0 spiro atoms. The van der Waals surface area contributed by atoms with Gasteiger partial charge in [0.2, 0.25) is 5.82 Å². The second kappa shape index (κ2) is 10.9. The predicted molar refractivity (Wildman–Crippen MR) is 148 cm³/mol. The fraction of sp³-hybridized carbons (Fsp3) is 0.100. The number of aromatic carboxylic acids is 1. The lowest BCUT2D eigenvalue weighted by Crippen LogP contribution is -2.08. The number of carboxylic acid groups (broad SMARTS) is 1. The summed E-state index contributed by atoms with van der Waals surface area (Å²) in [5.74, 6) is -0.561. The highest BCUT2D eigenvalue weighted by Gasteiger charge is 2.19. The Kier molecular flexibility index (Phi) is 6.82. The molecular formula is C30H23FN6O4. The molecule has 0 bridgehead atoms. The van der Waals surface area contributed by atoms with Gasteiger partial charge in [0.1, 0.15) is 5.75 Å². The standard InChI is InChI=1S/C30H23FN6O4/c1-2-40-30-32-25-8-5-6-22(29(38)39)27(25)37(30)17-18-10-12-19(13-11-18)23-16-20(41-26-9-4-3-7-24(26)31)14-15-21(23)28-33-35-36-34-28/h3-16H,2,17H2,1H3,(H,38,39)(H,33,34,35,36). The number of tetrazole rings is 1. The van der Waals surface area contributed by atoms with Crippen LogP contribution in [0.1, 0.15) is 22.8 Å². The first-order valence-corrected chi connectivity index (χ1v) is 12.8. The van der Waals surface area contributed by atoms with Crippen LogP contribution in [0.15, 0.2) is 84.9 Å². The number of H-pyrrole nitrogens is 1. The van der Waals surface area contributed by atoms with E-state index >= 15 is 0 Å². The molecule has 0 aliphatic rings. The van der Waals surface area contributed by atoms with Gasteiger partial charge in [0, 0.05) is 5.56 Å². The van der Waals surface area contributed by atoms with Gasteiger partial charge < -0.3 is 14.6 Å². The van der Waals surface area contributed by atoms with Crippen LogP contribution in [0.5, 0.6) is 17.5 Å². The van der Waals surface area contributed by atoms with E-state index in [1.807, 2.05) is 31.2 Å². The number of halogens is 1. The number of fused-ring (bicyclic) bond motifs is 1. The molecule has 4 aromatic carbocycles. The van der Waals surface area contributed by atoms with Crippen molar-refractivity contribution in [1.82, 2.24) is 30.2 Å². The van der Waals surface area contributed by atoms with Crippen LogP contribution in [0, 0.1) is 5.82 Å². The van der Waals surface area contributed by atoms with Crippen molar-refractivity contribution in [3.8, 4) is 40.0 Å². The van der Waals surface area contributed by atoms with Gasteiger partial charge in [0.25, 0.3) is 6.01 Å². The first kappa shape index (κ1) is 25.7. The Hall–Kier alpha value is -5.58. The minimum Gasteiger partial charge on any atom is -0.478 e. The van der Waals surface area contributed by atoms with Gasteiger partial charge in [-0.1, -0.05) is 42.5 Å². The molecule has 2 aromatic heterocycles. The van der Waals surface area contributed by atoms with Gasteiger partial charge in [0.15, 0.2) is 11.6 Å². The number of benzene rings is 4. The number of imidazole rings is 1. The van der Waals surface area contributed by atoms with Crippen LogP contribution in [0.25, 0.3) is 33.5 Å². The third kappa shape index (κ3) is 5.08. The number of nitrogens with zero attached hydrogens (tertiary/aromatic N) is 5. The van der Waals surface area contributed by atoms with Crippen LogP contribution in [0.3, 0.4) is 0 Å². The first-order valence-electron chi connectivity index (χ1n) is 12.8. The molecule has 6 rings (SSSR count). The van der Waals surface area contributed by atoms with Gasteiger partial charge in [-0.25, -0.2) is 9.18 Å². The lowest BCUT2D eigenvalue weighted by atomic mass is 9.97. The van der Waals surface area contributed by atoms with Crippen LogP contribution in [-0.4, -0.2) is 47.9 Å². The Balaban J connectivity index is 1.37. The number of rotatable bonds is 9. The zero-order valence-electron chi connectivity index (χ0n) is 21.8. The van der Waals surface area contributed by atoms with E-state index in [-0.39, 0.29) is 11.3 Å². The minimum absolute atomic E-state index is 0.111. The number of para-hydroxylation sites is 2. The number of hydrogen-bond donors (Lipinski definition) is 2. The quantitative estimate of drug-likeness (QED) is 0.226. The average molecular weight is 551 g/mol. The summed E-state index contributed by atoms with van der Waals surface area (Å²) in [5.41, 5.74) is 4.37. The summed E-state index contributed by atoms with van der Waals surface area (Å²) in [5, 5.41) is 24.2. The van der Waals surface area contributed by atoms with Gasteiger partial charge in [-0.05, 0) is 71.3 Å². The Labute approximate surface area is 233 Å². The van der Waals surface area contributed by atoms with Gasteiger partial charge in [-0.3, -0.25) is 4.57 Å². The van der Waals surface area contributed by atoms with Crippen molar-refractivity contribution >= 4 is 17.0 Å². The monoisotopic (exact) mass is 550 g/mol. The summed E-state index contributed by atoms with van der Waals surface area (Å²) in [6.07, 6.45) is 0. The number of aromatic nitrogens is 6. The van der Waals surface area contributed by atoms with Gasteiger partial charge in [-0.2, -0.15) is 10.2 Å². The smallest absolute Gasteiger partial charge is 0.337 e. The molecule has 204 valence electrons. The highest BCUT2D eigenvalue weighted by Crippen LogP contribution is 2.36. The molecule has 11 heteroatoms. The fourth-order valence-corrected chi connectivity index (χ4v) is 4.65. The summed E-state index contributed by atoms with van der Waals surface area (Å²) in [4.78, 5) is 16.5. The normalized spacial score (nSPS) is 11.1. The van der Waals surface area contributed by atoms with Crippen molar-refractivity contribution in [3.63, 3.8) is 0 Å². The summed E-state index contributed by atoms with van der Waals surface area (Å²) in [6.45, 7) is 2.57. The lowest BCUT2D eigenvalue weighted by molar-refractivity contribution is 0.0698. The molecule has 0 amide bonds. The van der Waals surface area contributed by atoms with E-state index < -0.39 is 11.8 Å². The van der Waals surface area contributed by atoms with Gasteiger partial charge in [-0.15, -0.1) is 10.2 Å². The summed E-state index contributed by atoms with van der Waals surface area (Å²) in [6, 6.07) is 24.6. The summed E-state index contributed by atoms with van der Waals surface area (Å²) >= 11 is 0. The van der Waals surface area contributed by atoms with Crippen molar-refractivity contribution in [2.24, 2.45) is 0 Å². The molecule has 0 radical (unpaired) electrons. The molecule has 6 aromatic rings. The highest BCUT2D eigenvalue weighted by molar-refractivity contribution is 6.01. The van der Waals surface area contributed by atoms with E-state index in [9.17, 15) is 14.3 Å². The molecule has 0 saturated heterocycles. The Morgan fingerprint density at radius 3 is 2.56 bits per heavy atom. The Morgan fingerprint density at radius 2 is 1.83 bits per heavy atom. The molecule has 0 aliphatic heterocycles. The second-order valence-electron chi connectivity index (χ2n) is 9.06. The SMILES string of the molecule is CCOc1nc2cccc(C(=O)O)c2n1Cc1ccc(-c2cc(Oc3ccccc3F)ccc2-c2nn[nH]n2)cc1. The van der Waals surface area contributed by atoms with Crippen molar-refractivity contribution in [1.29, 1.82) is 0 Å². The number of carbonyl (C=O) groups is 1. The minimum atomic E-state index is -1.04. The first-order chi connectivity index (χ1) is 20.0. The maximum absolute atomic E-state index is 14.2. The number of hydrogen-bond acceptors (Lipinski definition) is 7. The van der Waals surface area contributed by atoms with Gasteiger partial charge >= 0.3 is 5.97 Å². The second-order valence-corrected chi connectivity index (χ2v) is 9.06. The van der Waals surface area contributed by atoms with Crippen LogP contribution < -0.4 is 9.47 Å². The fourth-order valence-electron chi connectivity index (χ4n) is 4.65.